The van der Waals surface area contributed by atoms with Crippen molar-refractivity contribution in [1.29, 1.82) is 0 Å². The molecule has 1 unspecified atom stereocenters. The van der Waals surface area contributed by atoms with E-state index < -0.39 is 10.0 Å². The number of rotatable bonds is 2. The van der Waals surface area contributed by atoms with E-state index in [1.54, 1.807) is 0 Å². The van der Waals surface area contributed by atoms with Crippen molar-refractivity contribution in [2.45, 2.75) is 58.4 Å². The molecule has 5 heteroatoms. The fourth-order valence-electron chi connectivity index (χ4n) is 5.80. The third-order valence-electron chi connectivity index (χ3n) is 7.21. The van der Waals surface area contributed by atoms with Gasteiger partial charge in [0.15, 0.2) is 0 Å². The van der Waals surface area contributed by atoms with Gasteiger partial charge in [-0.15, -0.1) is 0 Å². The van der Waals surface area contributed by atoms with Gasteiger partial charge in [0, 0.05) is 11.8 Å². The van der Waals surface area contributed by atoms with Crippen molar-refractivity contribution in [2.24, 2.45) is 22.7 Å². The second-order valence-corrected chi connectivity index (χ2v) is 10.1. The van der Waals surface area contributed by atoms with Crippen LogP contribution in [0.5, 0.6) is 0 Å². The standard InChI is InChI=1S/C17H25NO3S/c1-16(2)13-7-8-17(16)11-22(20,21)18(14(17)10-13)15(19)9-12-5-3-4-6-12/h3,5,12-14H,4,6-11H2,1-2H3/t12?,13-,14-,17-/m1/s1. The summed E-state index contributed by atoms with van der Waals surface area (Å²) in [7, 11) is -3.44. The van der Waals surface area contributed by atoms with Crippen molar-refractivity contribution in [2.75, 3.05) is 5.75 Å². The molecule has 1 saturated heterocycles. The highest BCUT2D eigenvalue weighted by Gasteiger charge is 2.72. The van der Waals surface area contributed by atoms with Crippen LogP contribution in [0.25, 0.3) is 0 Å². The highest BCUT2D eigenvalue weighted by molar-refractivity contribution is 7.90. The minimum absolute atomic E-state index is 0.0347. The third kappa shape index (κ3) is 1.69. The Labute approximate surface area is 133 Å². The SMILES string of the molecule is CC1(C)[C@@H]2CC[C@]13CS(=O)(=O)N(C(=O)CC1C=CCC1)[C@@H]3C2. The zero-order chi connectivity index (χ0) is 15.8. The van der Waals surface area contributed by atoms with Gasteiger partial charge in [0.25, 0.3) is 0 Å². The highest BCUT2D eigenvalue weighted by atomic mass is 32.2. The molecule has 0 aromatic carbocycles. The van der Waals surface area contributed by atoms with Crippen molar-refractivity contribution in [3.05, 3.63) is 12.2 Å². The molecule has 4 atom stereocenters. The Balaban J connectivity index is 1.66. The van der Waals surface area contributed by atoms with Crippen molar-refractivity contribution >= 4 is 15.9 Å². The molecule has 122 valence electrons. The molecule has 0 N–H and O–H groups in total. The summed E-state index contributed by atoms with van der Waals surface area (Å²) in [6.45, 7) is 4.43. The van der Waals surface area contributed by atoms with E-state index in [1.165, 1.54) is 4.31 Å². The molecule has 1 amide bonds. The first-order chi connectivity index (χ1) is 10.3. The number of fused-ring (bicyclic) bond motifs is 1. The largest absolute Gasteiger partial charge is 0.274 e. The van der Waals surface area contributed by atoms with Crippen LogP contribution >= 0.6 is 0 Å². The molecule has 3 aliphatic carbocycles. The maximum Gasteiger partial charge on any atom is 0.238 e. The van der Waals surface area contributed by atoms with Crippen molar-refractivity contribution in [1.82, 2.24) is 4.31 Å². The second-order valence-electron chi connectivity index (χ2n) is 8.28. The van der Waals surface area contributed by atoms with Gasteiger partial charge in [0.05, 0.1) is 11.8 Å². The number of carbonyl (C=O) groups excluding carboxylic acids is 1. The van der Waals surface area contributed by atoms with Gasteiger partial charge in [-0.2, -0.15) is 0 Å². The van der Waals surface area contributed by atoms with Gasteiger partial charge in [-0.05, 0) is 49.4 Å². The van der Waals surface area contributed by atoms with Crippen molar-refractivity contribution < 1.29 is 13.2 Å². The molecular formula is C17H25NO3S. The van der Waals surface area contributed by atoms with E-state index in [0.29, 0.717) is 12.3 Å². The average Bonchev–Trinajstić information content (AvgIpc) is 3.09. The van der Waals surface area contributed by atoms with E-state index in [2.05, 4.69) is 26.0 Å². The van der Waals surface area contributed by atoms with Gasteiger partial charge in [-0.25, -0.2) is 12.7 Å². The van der Waals surface area contributed by atoms with E-state index in [1.807, 2.05) is 0 Å². The topological polar surface area (TPSA) is 54.5 Å². The summed E-state index contributed by atoms with van der Waals surface area (Å²) in [6.07, 6.45) is 9.45. The lowest BCUT2D eigenvalue weighted by molar-refractivity contribution is -0.129. The van der Waals surface area contributed by atoms with Gasteiger partial charge in [0.2, 0.25) is 15.9 Å². The summed E-state index contributed by atoms with van der Waals surface area (Å²) in [5, 5.41) is 0. The van der Waals surface area contributed by atoms with Gasteiger partial charge in [-0.1, -0.05) is 26.0 Å². The minimum Gasteiger partial charge on any atom is -0.274 e. The summed E-state index contributed by atoms with van der Waals surface area (Å²) in [4.78, 5) is 12.8. The van der Waals surface area contributed by atoms with Crippen LogP contribution in [-0.2, 0) is 14.8 Å². The summed E-state index contributed by atoms with van der Waals surface area (Å²) in [5.41, 5.74) is -0.162. The Morgan fingerprint density at radius 2 is 2.09 bits per heavy atom. The van der Waals surface area contributed by atoms with E-state index >= 15 is 0 Å². The molecule has 1 aliphatic heterocycles. The molecule has 0 aromatic heterocycles. The first-order valence-corrected chi connectivity index (χ1v) is 10.1. The number of hydrogen-bond acceptors (Lipinski definition) is 3. The molecule has 3 fully saturated rings. The first-order valence-electron chi connectivity index (χ1n) is 8.49. The van der Waals surface area contributed by atoms with Crippen LogP contribution in [0.4, 0.5) is 0 Å². The van der Waals surface area contributed by atoms with Crippen LogP contribution in [-0.4, -0.2) is 30.4 Å². The molecule has 22 heavy (non-hydrogen) atoms. The molecule has 4 aliphatic rings. The Morgan fingerprint density at radius 1 is 1.32 bits per heavy atom. The molecule has 4 nitrogen and oxygen atoms in total. The maximum absolute atomic E-state index is 12.8. The number of carbonyl (C=O) groups is 1. The molecule has 0 radical (unpaired) electrons. The van der Waals surface area contributed by atoms with Crippen LogP contribution in [0.2, 0.25) is 0 Å². The molecule has 0 aromatic rings. The summed E-state index contributed by atoms with van der Waals surface area (Å²) < 4.78 is 26.8. The van der Waals surface area contributed by atoms with Crippen LogP contribution in [0.3, 0.4) is 0 Å². The quantitative estimate of drug-likeness (QED) is 0.734. The number of hydrogen-bond donors (Lipinski definition) is 0. The second kappa shape index (κ2) is 4.37. The number of amides is 1. The summed E-state index contributed by atoms with van der Waals surface area (Å²) >= 11 is 0. The van der Waals surface area contributed by atoms with Gasteiger partial charge < -0.3 is 0 Å². The lowest BCUT2D eigenvalue weighted by Gasteiger charge is -2.37. The Hall–Kier alpha value is -0.840. The third-order valence-corrected chi connectivity index (χ3v) is 9.14. The minimum atomic E-state index is -3.44. The molecule has 1 spiro atoms. The predicted octanol–water partition coefficient (Wildman–Crippen LogP) is 2.71. The normalized spacial score (nSPS) is 43.7. The lowest BCUT2D eigenvalue weighted by atomic mass is 9.69. The van der Waals surface area contributed by atoms with Gasteiger partial charge in [0.1, 0.15) is 0 Å². The van der Waals surface area contributed by atoms with Crippen LogP contribution in [0.15, 0.2) is 12.2 Å². The summed E-state index contributed by atoms with van der Waals surface area (Å²) in [5.74, 6) is 0.808. The fourth-order valence-corrected chi connectivity index (χ4v) is 8.36. The van der Waals surface area contributed by atoms with Crippen molar-refractivity contribution in [3.63, 3.8) is 0 Å². The van der Waals surface area contributed by atoms with E-state index in [0.717, 1.165) is 32.1 Å². The summed E-state index contributed by atoms with van der Waals surface area (Å²) in [6, 6.07) is -0.0795. The van der Waals surface area contributed by atoms with Crippen LogP contribution in [0.1, 0.15) is 52.4 Å². The number of nitrogens with zero attached hydrogens (tertiary/aromatic N) is 1. The molecule has 2 saturated carbocycles. The lowest BCUT2D eigenvalue weighted by Crippen LogP contribution is -2.44. The van der Waals surface area contributed by atoms with E-state index in [4.69, 9.17) is 0 Å². The monoisotopic (exact) mass is 323 g/mol. The van der Waals surface area contributed by atoms with E-state index in [-0.39, 0.29) is 34.4 Å². The van der Waals surface area contributed by atoms with Crippen molar-refractivity contribution in [3.8, 4) is 0 Å². The number of allylic oxidation sites excluding steroid dienone is 2. The number of sulfonamides is 1. The van der Waals surface area contributed by atoms with Crippen LogP contribution in [0, 0.1) is 22.7 Å². The van der Waals surface area contributed by atoms with Gasteiger partial charge in [-0.3, -0.25) is 4.79 Å². The van der Waals surface area contributed by atoms with Gasteiger partial charge >= 0.3 is 0 Å². The predicted molar refractivity (Wildman–Crippen MR) is 84.5 cm³/mol. The molecule has 4 rings (SSSR count). The Bertz CT molecular complexity index is 651. The average molecular weight is 323 g/mol. The fraction of sp³-hybridized carbons (Fsp3) is 0.824. The Morgan fingerprint density at radius 3 is 2.73 bits per heavy atom. The van der Waals surface area contributed by atoms with E-state index in [9.17, 15) is 13.2 Å². The Kier molecular flexibility index (Phi) is 2.93. The van der Waals surface area contributed by atoms with Crippen LogP contribution < -0.4 is 0 Å². The molecule has 1 heterocycles. The smallest absolute Gasteiger partial charge is 0.238 e. The molecule has 2 bridgehead atoms. The molecular weight excluding hydrogens is 298 g/mol. The highest BCUT2D eigenvalue weighted by Crippen LogP contribution is 2.70. The maximum atomic E-state index is 12.8. The zero-order valence-electron chi connectivity index (χ0n) is 13.4. The zero-order valence-corrected chi connectivity index (χ0v) is 14.2. The first kappa shape index (κ1) is 14.7.